The van der Waals surface area contributed by atoms with Crippen molar-refractivity contribution in [1.82, 2.24) is 13.5 Å². The van der Waals surface area contributed by atoms with E-state index in [-0.39, 0.29) is 6.71 Å². The summed E-state index contributed by atoms with van der Waals surface area (Å²) in [5.41, 5.74) is 30.0. The SMILES string of the molecule is c1ccc(-c2cccc(-c3ccccc3)c2N2c3cc(-n4c5ccccc5c5ccccc54)ccc3B3c4ccc(-n5c6ccccc6c6ccccc65)cc4N(c4c(-c5ccccc5)cccc4-c4ccccc4)c4c3c2c2c3ccccc3n3c5ccccc5c4c23)cc1. The molecule has 0 bridgehead atoms. The van der Waals surface area contributed by atoms with Gasteiger partial charge in [0.2, 0.25) is 0 Å². The molecule has 2 aliphatic heterocycles. The molecular weight excluding hydrogens is 1160 g/mol. The van der Waals surface area contributed by atoms with E-state index in [9.17, 15) is 0 Å². The fourth-order valence-corrected chi connectivity index (χ4v) is 17.1. The molecule has 444 valence electrons. The molecule has 2 aliphatic rings. The number of para-hydroxylation sites is 8. The molecule has 0 saturated carbocycles. The van der Waals surface area contributed by atoms with E-state index in [1.807, 2.05) is 0 Å². The lowest BCUT2D eigenvalue weighted by Crippen LogP contribution is -2.61. The second-order valence-electron chi connectivity index (χ2n) is 25.8. The normalized spacial score (nSPS) is 12.7. The second-order valence-corrected chi connectivity index (χ2v) is 25.8. The van der Waals surface area contributed by atoms with Crippen LogP contribution >= 0.6 is 0 Å². The van der Waals surface area contributed by atoms with E-state index in [4.69, 9.17) is 0 Å². The van der Waals surface area contributed by atoms with Gasteiger partial charge in [-0.2, -0.15) is 0 Å². The number of hydrogen-bond donors (Lipinski definition) is 0. The first-order chi connectivity index (χ1) is 47.7. The number of nitrogens with zero attached hydrogens (tertiary/aromatic N) is 5. The van der Waals surface area contributed by atoms with Crippen LogP contribution in [-0.4, -0.2) is 20.2 Å². The summed E-state index contributed by atoms with van der Waals surface area (Å²) < 4.78 is 7.61. The van der Waals surface area contributed by atoms with Crippen LogP contribution in [0, 0.1) is 0 Å². The number of aromatic nitrogens is 3. The van der Waals surface area contributed by atoms with Crippen molar-refractivity contribution < 1.29 is 0 Å². The smallest absolute Gasteiger partial charge is 0.252 e. The van der Waals surface area contributed by atoms with E-state index >= 15 is 0 Å². The maximum Gasteiger partial charge on any atom is 0.252 e. The Kier molecular flexibility index (Phi) is 11.3. The molecule has 0 unspecified atom stereocenters. The molecule has 96 heavy (non-hydrogen) atoms. The number of anilines is 6. The van der Waals surface area contributed by atoms with Crippen LogP contribution in [0.1, 0.15) is 0 Å². The van der Waals surface area contributed by atoms with Gasteiger partial charge in [-0.15, -0.1) is 0 Å². The summed E-state index contributed by atoms with van der Waals surface area (Å²) in [6, 6.07) is 127. The quantitative estimate of drug-likeness (QED) is 0.141. The first-order valence-electron chi connectivity index (χ1n) is 33.3. The minimum absolute atomic E-state index is 0.282. The number of fused-ring (bicyclic) bond motifs is 18. The third-order valence-electron chi connectivity index (χ3n) is 20.9. The highest BCUT2D eigenvalue weighted by Crippen LogP contribution is 2.59. The number of hydrogen-bond acceptors (Lipinski definition) is 2. The molecule has 0 spiro atoms. The summed E-state index contributed by atoms with van der Waals surface area (Å²) in [4.78, 5) is 5.50. The molecule has 0 radical (unpaired) electrons. The minimum atomic E-state index is -0.282. The van der Waals surface area contributed by atoms with Gasteiger partial charge < -0.3 is 23.3 Å². The van der Waals surface area contributed by atoms with Gasteiger partial charge in [0, 0.05) is 88.1 Å². The fraction of sp³-hybridized carbons (Fsp3) is 0. The van der Waals surface area contributed by atoms with Gasteiger partial charge in [0.25, 0.3) is 6.71 Å². The highest BCUT2D eigenvalue weighted by molar-refractivity contribution is 7.01. The zero-order valence-corrected chi connectivity index (χ0v) is 52.1. The van der Waals surface area contributed by atoms with Crippen molar-refractivity contribution in [3.05, 3.63) is 340 Å². The molecule has 0 N–H and O–H groups in total. The zero-order valence-electron chi connectivity index (χ0n) is 52.1. The van der Waals surface area contributed by atoms with Gasteiger partial charge >= 0.3 is 0 Å². The Hall–Kier alpha value is -12.6. The minimum Gasteiger partial charge on any atom is -0.309 e. The van der Waals surface area contributed by atoms with Crippen molar-refractivity contribution >= 4 is 139 Å². The van der Waals surface area contributed by atoms with Gasteiger partial charge in [-0.25, -0.2) is 0 Å². The van der Waals surface area contributed by atoms with Crippen LogP contribution in [0.25, 0.3) is 138 Å². The Bertz CT molecular complexity index is 5800. The fourth-order valence-electron chi connectivity index (χ4n) is 17.1. The maximum atomic E-state index is 2.75. The van der Waals surface area contributed by atoms with Crippen molar-refractivity contribution in [3.8, 4) is 55.9 Å². The van der Waals surface area contributed by atoms with Crippen LogP contribution < -0.4 is 26.2 Å². The van der Waals surface area contributed by atoms with Gasteiger partial charge in [-0.05, 0) is 99.3 Å². The van der Waals surface area contributed by atoms with Gasteiger partial charge in [0.05, 0.1) is 61.4 Å². The first-order valence-corrected chi connectivity index (χ1v) is 33.3. The Morgan fingerprint density at radius 3 is 0.854 bits per heavy atom. The van der Waals surface area contributed by atoms with Crippen LogP contribution in [0.3, 0.4) is 0 Å². The Morgan fingerprint density at radius 2 is 0.521 bits per heavy atom. The van der Waals surface area contributed by atoms with Crippen LogP contribution in [-0.2, 0) is 0 Å². The summed E-state index contributed by atoms with van der Waals surface area (Å²) in [7, 11) is 0. The highest BCUT2D eigenvalue weighted by atomic mass is 15.2. The molecule has 6 heterocycles. The average Bonchev–Trinajstić information content (AvgIpc) is 1.35. The zero-order chi connectivity index (χ0) is 62.7. The van der Waals surface area contributed by atoms with Gasteiger partial charge in [0.1, 0.15) is 0 Å². The molecule has 0 fully saturated rings. The van der Waals surface area contributed by atoms with E-state index in [0.29, 0.717) is 0 Å². The van der Waals surface area contributed by atoms with E-state index in [0.717, 1.165) is 78.6 Å². The lowest BCUT2D eigenvalue weighted by Gasteiger charge is -2.46. The monoisotopic (exact) mass is 1220 g/mol. The molecule has 21 rings (SSSR count). The summed E-state index contributed by atoms with van der Waals surface area (Å²) >= 11 is 0. The molecule has 19 aromatic rings. The molecule has 5 nitrogen and oxygen atoms in total. The van der Waals surface area contributed by atoms with E-state index in [1.54, 1.807) is 0 Å². The predicted octanol–water partition coefficient (Wildman–Crippen LogP) is 21.8. The largest absolute Gasteiger partial charge is 0.309 e. The van der Waals surface area contributed by atoms with Crippen LogP contribution in [0.15, 0.2) is 340 Å². The Labute approximate surface area is 554 Å². The molecular formula is C90H56BN5. The van der Waals surface area contributed by atoms with E-state index < -0.39 is 0 Å². The lowest BCUT2D eigenvalue weighted by atomic mass is 9.33. The highest BCUT2D eigenvalue weighted by Gasteiger charge is 2.48. The predicted molar refractivity (Wildman–Crippen MR) is 406 cm³/mol. The molecule has 0 aliphatic carbocycles. The molecule has 0 amide bonds. The molecule has 6 heteroatoms. The van der Waals surface area contributed by atoms with Crippen molar-refractivity contribution in [1.29, 1.82) is 0 Å². The third kappa shape index (κ3) is 7.35. The standard InChI is InChI=1S/C90H56BN5/c1-5-27-57(28-6-1)63-41-25-42-64(58-29-7-2-8-30-58)86(63)95-81-55-61(92-75-45-19-13-35-67(75)68-36-14-20-46-76(68)92)51-53-73(81)91-74-54-52-62(93-77-47-21-15-37-69(77)70-38-16-22-48-78(70)93)56-82(74)96(87-65(59-31-9-3-10-32-59)43-26-44-66(87)60-33-11-4-12-34-60)90-84-72-40-18-24-50-80(72)94-79-49-23-17-39-71(79)83(88(84)94)89(95)85(90)91/h1-56H. The number of benzene rings is 15. The van der Waals surface area contributed by atoms with E-state index in [2.05, 4.69) is 363 Å². The Balaban J connectivity index is 1.01. The van der Waals surface area contributed by atoms with Crippen LogP contribution in [0.4, 0.5) is 34.1 Å². The molecule has 4 aromatic heterocycles. The topological polar surface area (TPSA) is 20.8 Å². The first kappa shape index (κ1) is 52.9. The lowest BCUT2D eigenvalue weighted by molar-refractivity contribution is 1.17. The van der Waals surface area contributed by atoms with Crippen LogP contribution in [0.5, 0.6) is 0 Å². The van der Waals surface area contributed by atoms with Gasteiger partial charge in [0.15, 0.2) is 0 Å². The summed E-state index contributed by atoms with van der Waals surface area (Å²) in [5.74, 6) is 0. The van der Waals surface area contributed by atoms with Crippen molar-refractivity contribution in [2.24, 2.45) is 0 Å². The average molecular weight is 1220 g/mol. The van der Waals surface area contributed by atoms with Crippen molar-refractivity contribution in [2.45, 2.75) is 0 Å². The Morgan fingerprint density at radius 1 is 0.229 bits per heavy atom. The van der Waals surface area contributed by atoms with Gasteiger partial charge in [-0.3, -0.25) is 0 Å². The second kappa shape index (κ2) is 20.4. The third-order valence-corrected chi connectivity index (χ3v) is 20.9. The van der Waals surface area contributed by atoms with Crippen molar-refractivity contribution in [3.63, 3.8) is 0 Å². The molecule has 0 saturated heterocycles. The molecule has 15 aromatic carbocycles. The van der Waals surface area contributed by atoms with E-state index in [1.165, 1.54) is 109 Å². The number of rotatable bonds is 8. The van der Waals surface area contributed by atoms with Crippen LogP contribution in [0.2, 0.25) is 0 Å². The maximum absolute atomic E-state index is 2.75. The summed E-state index contributed by atoms with van der Waals surface area (Å²) in [6.07, 6.45) is 0. The summed E-state index contributed by atoms with van der Waals surface area (Å²) in [5, 5.41) is 9.77. The molecule has 0 atom stereocenters. The summed E-state index contributed by atoms with van der Waals surface area (Å²) in [6.45, 7) is -0.282. The van der Waals surface area contributed by atoms with Gasteiger partial charge in [-0.1, -0.05) is 279 Å². The van der Waals surface area contributed by atoms with Crippen molar-refractivity contribution in [2.75, 3.05) is 9.80 Å².